The van der Waals surface area contributed by atoms with Crippen LogP contribution in [0.3, 0.4) is 0 Å². The molecule has 1 heterocycles. The predicted molar refractivity (Wildman–Crippen MR) is 79.8 cm³/mol. The van der Waals surface area contributed by atoms with E-state index >= 15 is 0 Å². The molecule has 1 aromatic carbocycles. The number of anilines is 2. The molecule has 108 valence electrons. The molecule has 2 fully saturated rings. The Kier molecular flexibility index (Phi) is 3.21. The van der Waals surface area contributed by atoms with Gasteiger partial charge in [0.1, 0.15) is 0 Å². The summed E-state index contributed by atoms with van der Waals surface area (Å²) < 4.78 is 5.81. The van der Waals surface area contributed by atoms with Gasteiger partial charge in [0.2, 0.25) is 5.91 Å². The molecule has 1 amide bonds. The standard InChI is InChI=1S/C16H22N2O2/c1-10(19)17-11-5-4-6-12(9-11)18-14-13-7-8-20-15(13)16(14,2)3/h4-6,9,13-15,18H,7-8H2,1-3H3,(H,17,19). The van der Waals surface area contributed by atoms with Crippen LogP contribution in [0.25, 0.3) is 0 Å². The lowest BCUT2D eigenvalue weighted by atomic mass is 9.57. The first kappa shape index (κ1) is 13.4. The van der Waals surface area contributed by atoms with E-state index in [0.717, 1.165) is 24.4 Å². The van der Waals surface area contributed by atoms with Crippen molar-refractivity contribution in [2.24, 2.45) is 11.3 Å². The monoisotopic (exact) mass is 274 g/mol. The second-order valence-corrected chi connectivity index (χ2v) is 6.45. The third-order valence-electron chi connectivity index (χ3n) is 4.61. The molecule has 2 aliphatic rings. The van der Waals surface area contributed by atoms with Crippen molar-refractivity contribution in [2.75, 3.05) is 17.2 Å². The first-order valence-corrected chi connectivity index (χ1v) is 7.24. The van der Waals surface area contributed by atoms with Gasteiger partial charge in [-0.05, 0) is 24.6 Å². The number of hydrogen-bond acceptors (Lipinski definition) is 3. The second kappa shape index (κ2) is 4.77. The van der Waals surface area contributed by atoms with Crippen molar-refractivity contribution in [1.29, 1.82) is 0 Å². The highest BCUT2D eigenvalue weighted by molar-refractivity contribution is 5.89. The normalized spacial score (nSPS) is 30.2. The van der Waals surface area contributed by atoms with Gasteiger partial charge in [0, 0.05) is 42.3 Å². The zero-order chi connectivity index (χ0) is 14.3. The summed E-state index contributed by atoms with van der Waals surface area (Å²) in [5.74, 6) is 0.560. The van der Waals surface area contributed by atoms with Crippen LogP contribution >= 0.6 is 0 Å². The molecule has 1 aliphatic heterocycles. The summed E-state index contributed by atoms with van der Waals surface area (Å²) in [6.07, 6.45) is 1.52. The fourth-order valence-corrected chi connectivity index (χ4v) is 3.69. The molecule has 4 nitrogen and oxygen atoms in total. The van der Waals surface area contributed by atoms with E-state index in [4.69, 9.17) is 4.74 Å². The van der Waals surface area contributed by atoms with Gasteiger partial charge in [-0.15, -0.1) is 0 Å². The molecule has 4 heteroatoms. The molecule has 3 unspecified atom stereocenters. The Morgan fingerprint density at radius 3 is 2.85 bits per heavy atom. The maximum Gasteiger partial charge on any atom is 0.221 e. The minimum atomic E-state index is -0.0459. The molecule has 0 radical (unpaired) electrons. The summed E-state index contributed by atoms with van der Waals surface area (Å²) in [4.78, 5) is 11.1. The van der Waals surface area contributed by atoms with Crippen LogP contribution in [0, 0.1) is 11.3 Å². The van der Waals surface area contributed by atoms with Gasteiger partial charge in [-0.25, -0.2) is 0 Å². The van der Waals surface area contributed by atoms with Crippen molar-refractivity contribution in [3.63, 3.8) is 0 Å². The average molecular weight is 274 g/mol. The van der Waals surface area contributed by atoms with E-state index in [1.54, 1.807) is 0 Å². The summed E-state index contributed by atoms with van der Waals surface area (Å²) >= 11 is 0. The molecular formula is C16H22N2O2. The van der Waals surface area contributed by atoms with E-state index in [0.29, 0.717) is 18.1 Å². The minimum absolute atomic E-state index is 0.0459. The van der Waals surface area contributed by atoms with Gasteiger partial charge in [0.25, 0.3) is 0 Å². The topological polar surface area (TPSA) is 50.4 Å². The van der Waals surface area contributed by atoms with Crippen LogP contribution in [0.4, 0.5) is 11.4 Å². The molecule has 1 aromatic rings. The first-order chi connectivity index (χ1) is 9.48. The van der Waals surface area contributed by atoms with Crippen molar-refractivity contribution in [1.82, 2.24) is 0 Å². The Bertz CT molecular complexity index is 527. The Morgan fingerprint density at radius 2 is 2.10 bits per heavy atom. The van der Waals surface area contributed by atoms with Crippen LogP contribution in [-0.4, -0.2) is 24.7 Å². The fraction of sp³-hybridized carbons (Fsp3) is 0.562. The largest absolute Gasteiger partial charge is 0.381 e. The van der Waals surface area contributed by atoms with Crippen molar-refractivity contribution >= 4 is 17.3 Å². The van der Waals surface area contributed by atoms with Crippen LogP contribution in [0.15, 0.2) is 24.3 Å². The highest BCUT2D eigenvalue weighted by Crippen LogP contribution is 2.53. The zero-order valence-electron chi connectivity index (χ0n) is 12.3. The minimum Gasteiger partial charge on any atom is -0.381 e. The van der Waals surface area contributed by atoms with Crippen molar-refractivity contribution in [3.05, 3.63) is 24.3 Å². The predicted octanol–water partition coefficient (Wildman–Crippen LogP) is 2.87. The summed E-state index contributed by atoms with van der Waals surface area (Å²) in [7, 11) is 0. The molecule has 1 saturated heterocycles. The summed E-state index contributed by atoms with van der Waals surface area (Å²) in [6.45, 7) is 6.92. The number of rotatable bonds is 3. The number of nitrogens with one attached hydrogen (secondary N) is 2. The molecule has 0 spiro atoms. The van der Waals surface area contributed by atoms with Gasteiger partial charge >= 0.3 is 0 Å². The lowest BCUT2D eigenvalue weighted by Crippen LogP contribution is -2.63. The Morgan fingerprint density at radius 1 is 1.35 bits per heavy atom. The van der Waals surface area contributed by atoms with E-state index in [1.807, 2.05) is 24.3 Å². The zero-order valence-corrected chi connectivity index (χ0v) is 12.3. The lowest BCUT2D eigenvalue weighted by Gasteiger charge is -2.55. The number of carbonyl (C=O) groups excluding carboxylic acids is 1. The Balaban J connectivity index is 1.73. The quantitative estimate of drug-likeness (QED) is 0.891. The maximum atomic E-state index is 11.1. The van der Waals surface area contributed by atoms with E-state index in [9.17, 15) is 4.79 Å². The molecule has 0 aromatic heterocycles. The van der Waals surface area contributed by atoms with Crippen LogP contribution in [0.1, 0.15) is 27.2 Å². The summed E-state index contributed by atoms with van der Waals surface area (Å²) in [6, 6.07) is 8.33. The third kappa shape index (κ3) is 2.18. The Hall–Kier alpha value is -1.55. The van der Waals surface area contributed by atoms with Crippen molar-refractivity contribution in [2.45, 2.75) is 39.3 Å². The SMILES string of the molecule is CC(=O)Nc1cccc(NC2C3CCOC3C2(C)C)c1. The van der Waals surface area contributed by atoms with Gasteiger partial charge in [-0.3, -0.25) is 4.79 Å². The first-order valence-electron chi connectivity index (χ1n) is 7.24. The molecule has 20 heavy (non-hydrogen) atoms. The van der Waals surface area contributed by atoms with Gasteiger partial charge in [0.15, 0.2) is 0 Å². The van der Waals surface area contributed by atoms with Crippen LogP contribution in [0.2, 0.25) is 0 Å². The number of ether oxygens (including phenoxy) is 1. The fourth-order valence-electron chi connectivity index (χ4n) is 3.69. The summed E-state index contributed by atoms with van der Waals surface area (Å²) in [5.41, 5.74) is 2.05. The van der Waals surface area contributed by atoms with Crippen molar-refractivity contribution in [3.8, 4) is 0 Å². The van der Waals surface area contributed by atoms with E-state index < -0.39 is 0 Å². The molecule has 1 saturated carbocycles. The molecular weight excluding hydrogens is 252 g/mol. The highest BCUT2D eigenvalue weighted by atomic mass is 16.5. The molecule has 0 bridgehead atoms. The molecule has 2 N–H and O–H groups in total. The van der Waals surface area contributed by atoms with Gasteiger partial charge in [-0.1, -0.05) is 19.9 Å². The molecule has 3 atom stereocenters. The van der Waals surface area contributed by atoms with Crippen LogP contribution in [0.5, 0.6) is 0 Å². The maximum absolute atomic E-state index is 11.1. The average Bonchev–Trinajstić information content (AvgIpc) is 2.82. The van der Waals surface area contributed by atoms with Crippen LogP contribution in [-0.2, 0) is 9.53 Å². The van der Waals surface area contributed by atoms with Crippen molar-refractivity contribution < 1.29 is 9.53 Å². The Labute approximate surface area is 119 Å². The smallest absolute Gasteiger partial charge is 0.221 e. The van der Waals surface area contributed by atoms with E-state index in [2.05, 4.69) is 24.5 Å². The number of hydrogen-bond donors (Lipinski definition) is 2. The number of carbonyl (C=O) groups is 1. The van der Waals surface area contributed by atoms with Gasteiger partial charge < -0.3 is 15.4 Å². The third-order valence-corrected chi connectivity index (χ3v) is 4.61. The van der Waals surface area contributed by atoms with E-state index in [-0.39, 0.29) is 11.3 Å². The lowest BCUT2D eigenvalue weighted by molar-refractivity contribution is -0.114. The van der Waals surface area contributed by atoms with Gasteiger partial charge in [0.05, 0.1) is 6.10 Å². The van der Waals surface area contributed by atoms with Crippen LogP contribution < -0.4 is 10.6 Å². The molecule has 1 aliphatic carbocycles. The number of fused-ring (bicyclic) bond motifs is 1. The number of amides is 1. The molecule has 3 rings (SSSR count). The highest BCUT2D eigenvalue weighted by Gasteiger charge is 2.59. The number of benzene rings is 1. The van der Waals surface area contributed by atoms with Gasteiger partial charge in [-0.2, -0.15) is 0 Å². The van der Waals surface area contributed by atoms with E-state index in [1.165, 1.54) is 6.92 Å². The summed E-state index contributed by atoms with van der Waals surface area (Å²) in [5, 5.41) is 6.44. The second-order valence-electron chi connectivity index (χ2n) is 6.45.